The van der Waals surface area contributed by atoms with Crippen molar-refractivity contribution >= 4 is 29.1 Å². The zero-order valence-electron chi connectivity index (χ0n) is 15.8. The summed E-state index contributed by atoms with van der Waals surface area (Å²) in [5.41, 5.74) is 4.14. The summed E-state index contributed by atoms with van der Waals surface area (Å²) in [5.74, 6) is 2.09. The van der Waals surface area contributed by atoms with Crippen LogP contribution in [-0.2, 0) is 0 Å². The van der Waals surface area contributed by atoms with E-state index in [4.69, 9.17) is 11.6 Å². The van der Waals surface area contributed by atoms with Crippen molar-refractivity contribution in [3.05, 3.63) is 40.0 Å². The van der Waals surface area contributed by atoms with Crippen LogP contribution in [0.3, 0.4) is 0 Å². The predicted octanol–water partition coefficient (Wildman–Crippen LogP) is 4.80. The van der Waals surface area contributed by atoms with Crippen LogP contribution in [0.2, 0.25) is 5.02 Å². The molecule has 3 N–H and O–H groups in total. The molecule has 2 aromatic rings. The highest BCUT2D eigenvalue weighted by molar-refractivity contribution is 6.31. The van der Waals surface area contributed by atoms with Crippen molar-refractivity contribution in [1.82, 2.24) is 9.97 Å². The summed E-state index contributed by atoms with van der Waals surface area (Å²) < 4.78 is 0. The Labute approximate surface area is 160 Å². The van der Waals surface area contributed by atoms with Crippen LogP contribution in [-0.4, -0.2) is 27.7 Å². The SMILES string of the molecule is Cc1ccc(Cl)c(C)c1Nc1cc(C2CC2)nc(N[C@@H](CO)C(C)C)n1. The third-order valence-electron chi connectivity index (χ3n) is 4.92. The van der Waals surface area contributed by atoms with E-state index in [-0.39, 0.29) is 18.6 Å². The van der Waals surface area contributed by atoms with E-state index in [0.29, 0.717) is 11.9 Å². The first-order valence-corrected chi connectivity index (χ1v) is 9.56. The van der Waals surface area contributed by atoms with Crippen LogP contribution in [0.15, 0.2) is 18.2 Å². The number of hydrogen-bond acceptors (Lipinski definition) is 5. The average molecular weight is 375 g/mol. The quantitative estimate of drug-likeness (QED) is 0.649. The van der Waals surface area contributed by atoms with Gasteiger partial charge in [-0.05, 0) is 49.8 Å². The standard InChI is InChI=1S/C20H27ClN4O/c1-11(2)17(10-26)23-20-22-16(14-6-7-14)9-18(25-20)24-19-12(3)5-8-15(21)13(19)4/h5,8-9,11,14,17,26H,6-7,10H2,1-4H3,(H2,22,23,24,25)/t17-/m0/s1. The minimum Gasteiger partial charge on any atom is -0.394 e. The Bertz CT molecular complexity index is 790. The maximum atomic E-state index is 9.61. The van der Waals surface area contributed by atoms with Crippen LogP contribution in [0.25, 0.3) is 0 Å². The molecule has 0 amide bonds. The van der Waals surface area contributed by atoms with Crippen LogP contribution in [0, 0.1) is 19.8 Å². The molecule has 1 aliphatic rings. The molecule has 1 fully saturated rings. The number of aryl methyl sites for hydroxylation is 1. The molecule has 6 heteroatoms. The number of anilines is 3. The van der Waals surface area contributed by atoms with Gasteiger partial charge in [-0.25, -0.2) is 4.98 Å². The monoisotopic (exact) mass is 374 g/mol. The van der Waals surface area contributed by atoms with Gasteiger partial charge in [0.15, 0.2) is 0 Å². The highest BCUT2D eigenvalue weighted by atomic mass is 35.5. The van der Waals surface area contributed by atoms with Crippen molar-refractivity contribution in [3.8, 4) is 0 Å². The second kappa shape index (κ2) is 7.80. The lowest BCUT2D eigenvalue weighted by Crippen LogP contribution is -2.30. The third-order valence-corrected chi connectivity index (χ3v) is 5.33. The number of nitrogens with one attached hydrogen (secondary N) is 2. The van der Waals surface area contributed by atoms with Crippen molar-refractivity contribution in [2.45, 2.75) is 52.5 Å². The van der Waals surface area contributed by atoms with Gasteiger partial charge in [-0.1, -0.05) is 31.5 Å². The van der Waals surface area contributed by atoms with E-state index < -0.39 is 0 Å². The maximum absolute atomic E-state index is 9.61. The molecule has 0 unspecified atom stereocenters. The number of aliphatic hydroxyl groups excluding tert-OH is 1. The smallest absolute Gasteiger partial charge is 0.225 e. The molecule has 3 rings (SSSR count). The van der Waals surface area contributed by atoms with E-state index in [9.17, 15) is 5.11 Å². The summed E-state index contributed by atoms with van der Waals surface area (Å²) in [4.78, 5) is 9.30. The van der Waals surface area contributed by atoms with Gasteiger partial charge in [0.25, 0.3) is 0 Å². The van der Waals surface area contributed by atoms with Gasteiger partial charge in [0, 0.05) is 22.7 Å². The molecule has 0 radical (unpaired) electrons. The molecule has 5 nitrogen and oxygen atoms in total. The van der Waals surface area contributed by atoms with Crippen molar-refractivity contribution in [2.75, 3.05) is 17.2 Å². The van der Waals surface area contributed by atoms with Gasteiger partial charge in [0.1, 0.15) is 5.82 Å². The first-order valence-electron chi connectivity index (χ1n) is 9.18. The number of halogens is 1. The maximum Gasteiger partial charge on any atom is 0.225 e. The normalized spacial score (nSPS) is 15.2. The number of benzene rings is 1. The number of aromatic nitrogens is 2. The molecular weight excluding hydrogens is 348 g/mol. The van der Waals surface area contributed by atoms with Crippen molar-refractivity contribution in [3.63, 3.8) is 0 Å². The number of hydrogen-bond donors (Lipinski definition) is 3. The molecule has 1 aliphatic carbocycles. The zero-order valence-corrected chi connectivity index (χ0v) is 16.6. The summed E-state index contributed by atoms with van der Waals surface area (Å²) in [5, 5.41) is 17.0. The number of nitrogens with zero attached hydrogens (tertiary/aromatic N) is 2. The molecule has 0 bridgehead atoms. The van der Waals surface area contributed by atoms with Crippen LogP contribution >= 0.6 is 11.6 Å². The fraction of sp³-hybridized carbons (Fsp3) is 0.500. The summed E-state index contributed by atoms with van der Waals surface area (Å²) >= 11 is 6.28. The molecule has 26 heavy (non-hydrogen) atoms. The average Bonchev–Trinajstić information content (AvgIpc) is 3.44. The topological polar surface area (TPSA) is 70.1 Å². The van der Waals surface area contributed by atoms with Gasteiger partial charge in [-0.3, -0.25) is 0 Å². The molecule has 1 heterocycles. The van der Waals surface area contributed by atoms with Crippen LogP contribution in [0.4, 0.5) is 17.5 Å². The van der Waals surface area contributed by atoms with Crippen LogP contribution in [0.1, 0.15) is 49.4 Å². The molecule has 1 aromatic carbocycles. The Hall–Kier alpha value is -1.85. The molecular formula is C20H27ClN4O. The van der Waals surface area contributed by atoms with Gasteiger partial charge in [-0.2, -0.15) is 4.98 Å². The lowest BCUT2D eigenvalue weighted by atomic mass is 10.1. The van der Waals surface area contributed by atoms with Crippen molar-refractivity contribution in [1.29, 1.82) is 0 Å². The number of rotatable bonds is 7. The molecule has 0 spiro atoms. The Balaban J connectivity index is 1.93. The van der Waals surface area contributed by atoms with E-state index >= 15 is 0 Å². The van der Waals surface area contributed by atoms with Gasteiger partial charge in [0.2, 0.25) is 5.95 Å². The summed E-state index contributed by atoms with van der Waals surface area (Å²) in [6.45, 7) is 8.23. The minimum absolute atomic E-state index is 0.0456. The Morgan fingerprint density at radius 3 is 2.58 bits per heavy atom. The Morgan fingerprint density at radius 1 is 1.23 bits per heavy atom. The van der Waals surface area contributed by atoms with Gasteiger partial charge in [-0.15, -0.1) is 0 Å². The first kappa shape index (κ1) is 18.9. The molecule has 1 atom stereocenters. The second-order valence-electron chi connectivity index (χ2n) is 7.44. The molecule has 0 saturated heterocycles. The lowest BCUT2D eigenvalue weighted by molar-refractivity contribution is 0.248. The van der Waals surface area contributed by atoms with E-state index in [1.54, 1.807) is 0 Å². The Kier molecular flexibility index (Phi) is 5.68. The summed E-state index contributed by atoms with van der Waals surface area (Å²) in [6, 6.07) is 5.85. The van der Waals surface area contributed by atoms with Gasteiger partial charge >= 0.3 is 0 Å². The lowest BCUT2D eigenvalue weighted by Gasteiger charge is -2.21. The largest absolute Gasteiger partial charge is 0.394 e. The highest BCUT2D eigenvalue weighted by Crippen LogP contribution is 2.40. The van der Waals surface area contributed by atoms with E-state index in [2.05, 4.69) is 34.4 Å². The second-order valence-corrected chi connectivity index (χ2v) is 7.85. The fourth-order valence-electron chi connectivity index (χ4n) is 2.91. The third kappa shape index (κ3) is 4.27. The molecule has 1 saturated carbocycles. The van der Waals surface area contributed by atoms with E-state index in [0.717, 1.165) is 33.3 Å². The summed E-state index contributed by atoms with van der Waals surface area (Å²) in [7, 11) is 0. The van der Waals surface area contributed by atoms with E-state index in [1.165, 1.54) is 12.8 Å². The number of aliphatic hydroxyl groups is 1. The zero-order chi connectivity index (χ0) is 18.8. The summed E-state index contributed by atoms with van der Waals surface area (Å²) in [6.07, 6.45) is 2.33. The van der Waals surface area contributed by atoms with Crippen molar-refractivity contribution in [2.24, 2.45) is 5.92 Å². The first-order chi connectivity index (χ1) is 12.4. The van der Waals surface area contributed by atoms with Gasteiger partial charge in [0.05, 0.1) is 18.3 Å². The fourth-order valence-corrected chi connectivity index (χ4v) is 3.07. The minimum atomic E-state index is -0.0769. The molecule has 1 aromatic heterocycles. The predicted molar refractivity (Wildman–Crippen MR) is 108 cm³/mol. The van der Waals surface area contributed by atoms with Crippen LogP contribution in [0.5, 0.6) is 0 Å². The Morgan fingerprint density at radius 2 is 1.96 bits per heavy atom. The van der Waals surface area contributed by atoms with E-state index in [1.807, 2.05) is 32.0 Å². The van der Waals surface area contributed by atoms with Crippen LogP contribution < -0.4 is 10.6 Å². The molecule has 0 aliphatic heterocycles. The van der Waals surface area contributed by atoms with Crippen molar-refractivity contribution < 1.29 is 5.11 Å². The molecule has 140 valence electrons. The highest BCUT2D eigenvalue weighted by Gasteiger charge is 2.27. The van der Waals surface area contributed by atoms with Gasteiger partial charge < -0.3 is 15.7 Å².